The molecule has 2 heterocycles. The van der Waals surface area contributed by atoms with Crippen LogP contribution in [0, 0.1) is 6.92 Å². The number of hydrogen-bond donors (Lipinski definition) is 2. The minimum atomic E-state index is -3.80. The zero-order chi connectivity index (χ0) is 14.8. The van der Waals surface area contributed by atoms with Gasteiger partial charge in [0, 0.05) is 12.7 Å². The fourth-order valence-corrected chi connectivity index (χ4v) is 2.56. The second-order valence-electron chi connectivity index (χ2n) is 3.92. The zero-order valence-electron chi connectivity index (χ0n) is 11.4. The standard InChI is InChI=1S/C10H16N6O3S/c1-4-16-6-8(11-7(16)3)20(17,18)15-9-12-10(14-13-9)19-5-2/h6H,4-5H2,1-3H3,(H2,12,13,14,15). The lowest BCUT2D eigenvalue weighted by molar-refractivity contribution is 0.314. The van der Waals surface area contributed by atoms with Gasteiger partial charge in [-0.05, 0) is 20.8 Å². The second-order valence-corrected chi connectivity index (χ2v) is 5.55. The molecule has 110 valence electrons. The van der Waals surface area contributed by atoms with Crippen LogP contribution in [0.5, 0.6) is 6.01 Å². The average molecular weight is 300 g/mol. The number of aromatic nitrogens is 5. The molecular weight excluding hydrogens is 284 g/mol. The minimum Gasteiger partial charge on any atom is -0.463 e. The van der Waals surface area contributed by atoms with Gasteiger partial charge in [-0.15, -0.1) is 5.10 Å². The van der Waals surface area contributed by atoms with E-state index in [4.69, 9.17) is 4.74 Å². The van der Waals surface area contributed by atoms with Crippen LogP contribution in [-0.4, -0.2) is 39.8 Å². The summed E-state index contributed by atoms with van der Waals surface area (Å²) in [6.45, 7) is 6.46. The summed E-state index contributed by atoms with van der Waals surface area (Å²) in [6.07, 6.45) is 1.47. The van der Waals surface area contributed by atoms with Gasteiger partial charge in [0.05, 0.1) is 6.61 Å². The third kappa shape index (κ3) is 2.90. The molecule has 0 atom stereocenters. The van der Waals surface area contributed by atoms with Gasteiger partial charge in [-0.3, -0.25) is 0 Å². The van der Waals surface area contributed by atoms with E-state index in [1.807, 2.05) is 6.92 Å². The van der Waals surface area contributed by atoms with Crippen molar-refractivity contribution < 1.29 is 13.2 Å². The lowest BCUT2D eigenvalue weighted by Gasteiger charge is -2.00. The Hall–Kier alpha value is -2.10. The first-order chi connectivity index (χ1) is 9.46. The Morgan fingerprint density at radius 2 is 2.15 bits per heavy atom. The number of aromatic amines is 1. The molecule has 2 aromatic rings. The van der Waals surface area contributed by atoms with Gasteiger partial charge in [-0.1, -0.05) is 0 Å². The van der Waals surface area contributed by atoms with Crippen LogP contribution >= 0.6 is 0 Å². The highest BCUT2D eigenvalue weighted by atomic mass is 32.2. The van der Waals surface area contributed by atoms with Crippen LogP contribution in [0.2, 0.25) is 0 Å². The maximum atomic E-state index is 12.1. The average Bonchev–Trinajstić information content (AvgIpc) is 2.96. The minimum absolute atomic E-state index is 0.0165. The number of nitrogens with one attached hydrogen (secondary N) is 2. The first-order valence-corrected chi connectivity index (χ1v) is 7.56. The maximum absolute atomic E-state index is 12.1. The third-order valence-electron chi connectivity index (χ3n) is 2.54. The normalized spacial score (nSPS) is 11.6. The van der Waals surface area contributed by atoms with Crippen molar-refractivity contribution >= 4 is 16.0 Å². The molecule has 0 spiro atoms. The Balaban J connectivity index is 2.21. The lowest BCUT2D eigenvalue weighted by atomic mass is 10.6. The summed E-state index contributed by atoms with van der Waals surface area (Å²) in [6, 6.07) is 0.0838. The summed E-state index contributed by atoms with van der Waals surface area (Å²) in [5.41, 5.74) is 0. The number of nitrogens with zero attached hydrogens (tertiary/aromatic N) is 4. The van der Waals surface area contributed by atoms with Gasteiger partial charge >= 0.3 is 6.01 Å². The van der Waals surface area contributed by atoms with Gasteiger partial charge in [0.15, 0.2) is 5.03 Å². The molecule has 10 heteroatoms. The molecule has 0 radical (unpaired) electrons. The van der Waals surface area contributed by atoms with E-state index in [0.717, 1.165) is 0 Å². The summed E-state index contributed by atoms with van der Waals surface area (Å²) in [4.78, 5) is 7.86. The van der Waals surface area contributed by atoms with Crippen molar-refractivity contribution in [3.05, 3.63) is 12.0 Å². The molecule has 0 amide bonds. The van der Waals surface area contributed by atoms with E-state index in [-0.39, 0.29) is 17.0 Å². The molecular formula is C10H16N6O3S. The van der Waals surface area contributed by atoms with E-state index in [0.29, 0.717) is 19.0 Å². The fourth-order valence-electron chi connectivity index (χ4n) is 1.59. The van der Waals surface area contributed by atoms with Crippen molar-refractivity contribution in [2.75, 3.05) is 11.3 Å². The zero-order valence-corrected chi connectivity index (χ0v) is 12.2. The molecule has 0 unspecified atom stereocenters. The predicted octanol–water partition coefficient (Wildman–Crippen LogP) is 0.529. The number of H-pyrrole nitrogens is 1. The van der Waals surface area contributed by atoms with Gasteiger partial charge in [0.25, 0.3) is 10.0 Å². The highest BCUT2D eigenvalue weighted by molar-refractivity contribution is 7.92. The van der Waals surface area contributed by atoms with E-state index < -0.39 is 10.0 Å². The number of imidazole rings is 1. The lowest BCUT2D eigenvalue weighted by Crippen LogP contribution is -2.14. The highest BCUT2D eigenvalue weighted by Crippen LogP contribution is 2.14. The quantitative estimate of drug-likeness (QED) is 0.804. The number of ether oxygens (including phenoxy) is 1. The van der Waals surface area contributed by atoms with Crippen LogP contribution in [0.1, 0.15) is 19.7 Å². The van der Waals surface area contributed by atoms with Gasteiger partial charge in [0.1, 0.15) is 5.82 Å². The molecule has 0 aromatic carbocycles. The van der Waals surface area contributed by atoms with E-state index >= 15 is 0 Å². The summed E-state index contributed by atoms with van der Waals surface area (Å²) < 4.78 is 33.3. The Bertz CT molecular complexity index is 690. The van der Waals surface area contributed by atoms with Gasteiger partial charge < -0.3 is 9.30 Å². The van der Waals surface area contributed by atoms with Crippen LogP contribution in [0.3, 0.4) is 0 Å². The molecule has 0 bridgehead atoms. The molecule has 0 fully saturated rings. The molecule has 0 aliphatic heterocycles. The highest BCUT2D eigenvalue weighted by Gasteiger charge is 2.20. The topological polar surface area (TPSA) is 115 Å². The molecule has 0 aliphatic rings. The van der Waals surface area contributed by atoms with Gasteiger partial charge in [-0.2, -0.15) is 13.4 Å². The van der Waals surface area contributed by atoms with Crippen molar-refractivity contribution in [3.63, 3.8) is 0 Å². The van der Waals surface area contributed by atoms with Crippen LogP contribution in [0.25, 0.3) is 0 Å². The number of aryl methyl sites for hydroxylation is 2. The summed E-state index contributed by atoms with van der Waals surface area (Å²) >= 11 is 0. The summed E-state index contributed by atoms with van der Waals surface area (Å²) in [7, 11) is -3.80. The van der Waals surface area contributed by atoms with Crippen LogP contribution in [0.4, 0.5) is 5.95 Å². The monoisotopic (exact) mass is 300 g/mol. The van der Waals surface area contributed by atoms with Crippen molar-refractivity contribution in [1.29, 1.82) is 0 Å². The molecule has 2 N–H and O–H groups in total. The number of hydrogen-bond acceptors (Lipinski definition) is 6. The first kappa shape index (κ1) is 14.3. The predicted molar refractivity (Wildman–Crippen MR) is 71.0 cm³/mol. The summed E-state index contributed by atoms with van der Waals surface area (Å²) in [5, 5.41) is 6.09. The molecule has 0 saturated heterocycles. The van der Waals surface area contributed by atoms with Gasteiger partial charge in [0.2, 0.25) is 5.95 Å². The molecule has 9 nitrogen and oxygen atoms in total. The summed E-state index contributed by atoms with van der Waals surface area (Å²) in [5.74, 6) is 0.609. The molecule has 20 heavy (non-hydrogen) atoms. The van der Waals surface area contributed by atoms with E-state index in [2.05, 4.69) is 24.9 Å². The van der Waals surface area contributed by atoms with E-state index in [9.17, 15) is 8.42 Å². The van der Waals surface area contributed by atoms with E-state index in [1.165, 1.54) is 6.20 Å². The maximum Gasteiger partial charge on any atom is 0.337 e. The first-order valence-electron chi connectivity index (χ1n) is 6.08. The van der Waals surface area contributed by atoms with Crippen molar-refractivity contribution in [3.8, 4) is 6.01 Å². The van der Waals surface area contributed by atoms with Gasteiger partial charge in [-0.25, -0.2) is 14.8 Å². The molecule has 0 aliphatic carbocycles. The van der Waals surface area contributed by atoms with Crippen molar-refractivity contribution in [2.24, 2.45) is 0 Å². The second kappa shape index (κ2) is 5.49. The number of sulfonamides is 1. The number of anilines is 1. The Kier molecular flexibility index (Phi) is 3.93. The Morgan fingerprint density at radius 3 is 2.75 bits per heavy atom. The Morgan fingerprint density at radius 1 is 1.40 bits per heavy atom. The molecule has 2 aromatic heterocycles. The Labute approximate surface area is 116 Å². The number of rotatable bonds is 6. The molecule has 0 saturated carbocycles. The fraction of sp³-hybridized carbons (Fsp3) is 0.500. The van der Waals surface area contributed by atoms with Crippen molar-refractivity contribution in [1.82, 2.24) is 24.7 Å². The molecule has 2 rings (SSSR count). The largest absolute Gasteiger partial charge is 0.463 e. The van der Waals surface area contributed by atoms with E-state index in [1.54, 1.807) is 18.4 Å². The van der Waals surface area contributed by atoms with Crippen LogP contribution in [0.15, 0.2) is 11.2 Å². The third-order valence-corrected chi connectivity index (χ3v) is 3.75. The smallest absolute Gasteiger partial charge is 0.337 e. The van der Waals surface area contributed by atoms with Crippen LogP contribution < -0.4 is 9.46 Å². The van der Waals surface area contributed by atoms with Crippen LogP contribution in [-0.2, 0) is 16.6 Å². The van der Waals surface area contributed by atoms with Crippen molar-refractivity contribution in [2.45, 2.75) is 32.3 Å². The SMILES string of the molecule is CCOc1n[nH]c(NS(=O)(=O)c2cn(CC)c(C)n2)n1.